The molecule has 0 saturated carbocycles. The van der Waals surface area contributed by atoms with E-state index in [0.29, 0.717) is 32.4 Å². The summed E-state index contributed by atoms with van der Waals surface area (Å²) in [5.41, 5.74) is 3.76. The smallest absolute Gasteiger partial charge is 0.227 e. The molecule has 0 aliphatic carbocycles. The third-order valence-corrected chi connectivity index (χ3v) is 5.66. The Hall–Kier alpha value is -3.36. The van der Waals surface area contributed by atoms with Gasteiger partial charge in [-0.05, 0) is 43.3 Å². The van der Waals surface area contributed by atoms with E-state index in [2.05, 4.69) is 32.7 Å². The molecule has 0 radical (unpaired) electrons. The van der Waals surface area contributed by atoms with Crippen LogP contribution in [-0.2, 0) is 4.74 Å². The van der Waals surface area contributed by atoms with E-state index < -0.39 is 0 Å². The van der Waals surface area contributed by atoms with Gasteiger partial charge in [0.2, 0.25) is 5.95 Å². The first kappa shape index (κ1) is 21.5. The summed E-state index contributed by atoms with van der Waals surface area (Å²) < 4.78 is 17.8. The Balaban J connectivity index is 1.46. The van der Waals surface area contributed by atoms with Crippen LogP contribution in [0.25, 0.3) is 11.3 Å². The van der Waals surface area contributed by atoms with Crippen LogP contribution in [0.5, 0.6) is 11.5 Å². The maximum Gasteiger partial charge on any atom is 0.227 e. The van der Waals surface area contributed by atoms with Gasteiger partial charge in [0.15, 0.2) is 0 Å². The molecule has 2 aliphatic rings. The van der Waals surface area contributed by atoms with Gasteiger partial charge in [-0.2, -0.15) is 0 Å². The Bertz CT molecular complexity index is 1070. The molecule has 8 heteroatoms. The van der Waals surface area contributed by atoms with E-state index >= 15 is 0 Å². The largest absolute Gasteiger partial charge is 0.491 e. The minimum absolute atomic E-state index is 0.462. The molecule has 0 spiro atoms. The Morgan fingerprint density at radius 1 is 0.879 bits per heavy atom. The quantitative estimate of drug-likeness (QED) is 0.587. The maximum atomic E-state index is 6.18. The lowest BCUT2D eigenvalue weighted by molar-refractivity contribution is 0.0765. The molecule has 2 aromatic carbocycles. The fourth-order valence-electron chi connectivity index (χ4n) is 4.04. The number of benzene rings is 2. The topological polar surface area (TPSA) is 80.8 Å². The van der Waals surface area contributed by atoms with Gasteiger partial charge in [0.25, 0.3) is 0 Å². The van der Waals surface area contributed by atoms with Gasteiger partial charge in [0.05, 0.1) is 24.6 Å². The van der Waals surface area contributed by atoms with E-state index in [4.69, 9.17) is 19.2 Å². The summed E-state index contributed by atoms with van der Waals surface area (Å²) >= 11 is 0. The van der Waals surface area contributed by atoms with Crippen molar-refractivity contribution in [1.82, 2.24) is 15.3 Å². The maximum absolute atomic E-state index is 6.18. The van der Waals surface area contributed by atoms with E-state index in [1.54, 1.807) is 6.20 Å². The molecule has 1 saturated heterocycles. The average molecular weight is 448 g/mol. The summed E-state index contributed by atoms with van der Waals surface area (Å²) in [5, 5.41) is 6.79. The zero-order chi connectivity index (χ0) is 22.3. The highest BCUT2D eigenvalue weighted by atomic mass is 16.5. The molecular weight excluding hydrogens is 418 g/mol. The second-order valence-electron chi connectivity index (χ2n) is 8.00. The summed E-state index contributed by atoms with van der Waals surface area (Å²) in [6.07, 6.45) is 2.86. The van der Waals surface area contributed by atoms with Crippen LogP contribution in [-0.4, -0.2) is 62.6 Å². The monoisotopic (exact) mass is 447 g/mol. The van der Waals surface area contributed by atoms with Crippen LogP contribution >= 0.6 is 0 Å². The molecule has 3 heterocycles. The molecule has 6 bridgehead atoms. The molecule has 5 rings (SSSR count). The predicted octanol–water partition coefficient (Wildman–Crippen LogP) is 3.47. The molecule has 2 N–H and O–H groups in total. The summed E-state index contributed by atoms with van der Waals surface area (Å²) in [5.74, 6) is 2.14. The van der Waals surface area contributed by atoms with Crippen LogP contribution in [0.2, 0.25) is 0 Å². The molecule has 3 aromatic rings. The number of anilines is 3. The molecule has 0 unspecified atom stereocenters. The number of ether oxygens (including phenoxy) is 3. The standard InChI is InChI=1S/C25H29N5O3/c1-3-19-17-21(4-1)32-15-13-31-14-16-33-24-18-20(28-25-27-9-7-22(19)29-25)5-6-23(24)30-11-2-8-26-10-12-30/h1,3-7,9,17-18,26H,2,8,10-16H2,(H,27,28,29). The van der Waals surface area contributed by atoms with Crippen molar-refractivity contribution >= 4 is 17.3 Å². The van der Waals surface area contributed by atoms with Crippen LogP contribution < -0.4 is 25.0 Å². The predicted molar refractivity (Wildman–Crippen MR) is 129 cm³/mol. The van der Waals surface area contributed by atoms with Crippen LogP contribution in [0.1, 0.15) is 6.42 Å². The Kier molecular flexibility index (Phi) is 6.84. The fourth-order valence-corrected chi connectivity index (χ4v) is 4.04. The van der Waals surface area contributed by atoms with Crippen LogP contribution in [0, 0.1) is 0 Å². The highest BCUT2D eigenvalue weighted by Gasteiger charge is 2.16. The zero-order valence-electron chi connectivity index (χ0n) is 18.6. The first-order chi connectivity index (χ1) is 16.3. The lowest BCUT2D eigenvalue weighted by Gasteiger charge is -2.25. The molecule has 8 nitrogen and oxygen atoms in total. The summed E-state index contributed by atoms with van der Waals surface area (Å²) in [6.45, 7) is 5.87. The highest BCUT2D eigenvalue weighted by molar-refractivity contribution is 5.68. The number of rotatable bonds is 1. The van der Waals surface area contributed by atoms with Crippen molar-refractivity contribution in [1.29, 1.82) is 0 Å². The lowest BCUT2D eigenvalue weighted by atomic mass is 10.1. The van der Waals surface area contributed by atoms with Crippen molar-refractivity contribution in [2.24, 2.45) is 0 Å². The number of fused-ring (bicyclic) bond motifs is 7. The summed E-state index contributed by atoms with van der Waals surface area (Å²) in [7, 11) is 0. The molecular formula is C25H29N5O3. The number of nitrogens with zero attached hydrogens (tertiary/aromatic N) is 3. The third-order valence-electron chi connectivity index (χ3n) is 5.66. The molecule has 0 atom stereocenters. The van der Waals surface area contributed by atoms with Crippen molar-refractivity contribution in [2.75, 3.05) is 62.8 Å². The Morgan fingerprint density at radius 3 is 2.79 bits per heavy atom. The van der Waals surface area contributed by atoms with Crippen molar-refractivity contribution in [3.05, 3.63) is 54.7 Å². The van der Waals surface area contributed by atoms with E-state index in [-0.39, 0.29) is 0 Å². The van der Waals surface area contributed by atoms with E-state index in [1.807, 2.05) is 36.4 Å². The number of nitrogens with one attached hydrogen (secondary N) is 2. The Labute approximate surface area is 193 Å². The third kappa shape index (κ3) is 5.53. The van der Waals surface area contributed by atoms with Crippen molar-refractivity contribution in [3.8, 4) is 22.8 Å². The van der Waals surface area contributed by atoms with Gasteiger partial charge in [-0.3, -0.25) is 0 Å². The van der Waals surface area contributed by atoms with Crippen molar-refractivity contribution < 1.29 is 14.2 Å². The molecule has 172 valence electrons. The average Bonchev–Trinajstić information content (AvgIpc) is 3.13. The fraction of sp³-hybridized carbons (Fsp3) is 0.360. The lowest BCUT2D eigenvalue weighted by Crippen LogP contribution is -2.28. The van der Waals surface area contributed by atoms with Crippen LogP contribution in [0.15, 0.2) is 54.7 Å². The first-order valence-electron chi connectivity index (χ1n) is 11.5. The minimum Gasteiger partial charge on any atom is -0.491 e. The highest BCUT2D eigenvalue weighted by Crippen LogP contribution is 2.33. The number of aromatic nitrogens is 2. The molecule has 1 fully saturated rings. The zero-order valence-corrected chi connectivity index (χ0v) is 18.6. The molecule has 33 heavy (non-hydrogen) atoms. The number of hydrogen-bond acceptors (Lipinski definition) is 8. The molecule has 1 aromatic heterocycles. The second-order valence-corrected chi connectivity index (χ2v) is 8.00. The Morgan fingerprint density at radius 2 is 1.82 bits per heavy atom. The normalized spacial score (nSPS) is 17.0. The summed E-state index contributed by atoms with van der Waals surface area (Å²) in [6, 6.07) is 16.0. The molecule has 2 aliphatic heterocycles. The molecule has 0 amide bonds. The van der Waals surface area contributed by atoms with Crippen LogP contribution in [0.4, 0.5) is 17.3 Å². The van der Waals surface area contributed by atoms with Gasteiger partial charge in [0.1, 0.15) is 24.7 Å². The SMILES string of the molecule is c1cc2cc(c1)-c1ccnc(n1)Nc1ccc(N3CCCNCC3)c(c1)OCCOCCO2. The van der Waals surface area contributed by atoms with Gasteiger partial charge in [-0.25, -0.2) is 9.97 Å². The van der Waals surface area contributed by atoms with Gasteiger partial charge in [-0.1, -0.05) is 12.1 Å². The van der Waals surface area contributed by atoms with Gasteiger partial charge >= 0.3 is 0 Å². The van der Waals surface area contributed by atoms with Crippen molar-refractivity contribution in [3.63, 3.8) is 0 Å². The van der Waals surface area contributed by atoms with Gasteiger partial charge in [0, 0.05) is 43.1 Å². The van der Waals surface area contributed by atoms with Crippen molar-refractivity contribution in [2.45, 2.75) is 6.42 Å². The van der Waals surface area contributed by atoms with E-state index in [1.165, 1.54) is 0 Å². The van der Waals surface area contributed by atoms with Gasteiger partial charge < -0.3 is 29.7 Å². The van der Waals surface area contributed by atoms with Gasteiger partial charge in [-0.15, -0.1) is 0 Å². The van der Waals surface area contributed by atoms with E-state index in [0.717, 1.165) is 66.7 Å². The second kappa shape index (κ2) is 10.5. The minimum atomic E-state index is 0.462. The van der Waals surface area contributed by atoms with Crippen LogP contribution in [0.3, 0.4) is 0 Å². The number of hydrogen-bond donors (Lipinski definition) is 2. The van der Waals surface area contributed by atoms with E-state index in [9.17, 15) is 0 Å². The summed E-state index contributed by atoms with van der Waals surface area (Å²) in [4.78, 5) is 11.5. The first-order valence-corrected chi connectivity index (χ1v) is 11.5.